The van der Waals surface area contributed by atoms with Crippen LogP contribution in [0.1, 0.15) is 22.2 Å². The van der Waals surface area contributed by atoms with Gasteiger partial charge in [0.25, 0.3) is 5.91 Å². The minimum atomic E-state index is -0.850. The van der Waals surface area contributed by atoms with Gasteiger partial charge in [-0.15, -0.1) is 0 Å². The Hall–Kier alpha value is -2.50. The number of carbonyl (C=O) groups is 1. The van der Waals surface area contributed by atoms with Crippen molar-refractivity contribution in [1.29, 1.82) is 0 Å². The molecule has 2 aromatic carbocycles. The Morgan fingerprint density at radius 3 is 2.83 bits per heavy atom. The molecule has 0 fully saturated rings. The zero-order chi connectivity index (χ0) is 17.1. The van der Waals surface area contributed by atoms with Gasteiger partial charge < -0.3 is 19.6 Å². The maximum absolute atomic E-state index is 12.2. The van der Waals surface area contributed by atoms with E-state index in [-0.39, 0.29) is 12.3 Å². The van der Waals surface area contributed by atoms with E-state index in [9.17, 15) is 9.90 Å². The van der Waals surface area contributed by atoms with Crippen LogP contribution >= 0.6 is 11.6 Å². The summed E-state index contributed by atoms with van der Waals surface area (Å²) in [7, 11) is 1.56. The number of aliphatic hydroxyl groups is 1. The first-order valence-corrected chi connectivity index (χ1v) is 7.74. The van der Waals surface area contributed by atoms with Crippen LogP contribution in [0.15, 0.2) is 52.9 Å². The molecular weight excluding hydrogens is 330 g/mol. The van der Waals surface area contributed by atoms with E-state index < -0.39 is 12.0 Å². The number of aliphatic hydroxyl groups excluding tert-OH is 1. The van der Waals surface area contributed by atoms with Crippen LogP contribution in [0.5, 0.6) is 5.75 Å². The number of hydrogen-bond acceptors (Lipinski definition) is 4. The lowest BCUT2D eigenvalue weighted by Crippen LogP contribution is -2.28. The van der Waals surface area contributed by atoms with Crippen molar-refractivity contribution in [1.82, 2.24) is 5.32 Å². The van der Waals surface area contributed by atoms with Crippen LogP contribution < -0.4 is 10.1 Å². The lowest BCUT2D eigenvalue weighted by molar-refractivity contribution is 0.0891. The van der Waals surface area contributed by atoms with E-state index in [1.807, 2.05) is 6.07 Å². The molecule has 124 valence electrons. The fraction of sp³-hybridized carbons (Fsp3) is 0.167. The van der Waals surface area contributed by atoms with E-state index in [4.69, 9.17) is 20.8 Å². The minimum Gasteiger partial charge on any atom is -0.497 e. The lowest BCUT2D eigenvalue weighted by Gasteiger charge is -2.12. The minimum absolute atomic E-state index is 0.0524. The monoisotopic (exact) mass is 345 g/mol. The highest BCUT2D eigenvalue weighted by atomic mass is 35.5. The number of methoxy groups -OCH3 is 1. The average molecular weight is 346 g/mol. The summed E-state index contributed by atoms with van der Waals surface area (Å²) in [5.41, 5.74) is 1.12. The van der Waals surface area contributed by atoms with Gasteiger partial charge in [-0.1, -0.05) is 35.9 Å². The summed E-state index contributed by atoms with van der Waals surface area (Å²) in [6.07, 6.45) is -0.850. The molecule has 0 spiro atoms. The largest absolute Gasteiger partial charge is 0.497 e. The Bertz CT molecular complexity index is 874. The number of benzene rings is 2. The predicted octanol–water partition coefficient (Wildman–Crippen LogP) is 3.56. The number of rotatable bonds is 5. The van der Waals surface area contributed by atoms with Gasteiger partial charge in [0.15, 0.2) is 11.3 Å². The van der Waals surface area contributed by atoms with Crippen LogP contribution in [0.3, 0.4) is 0 Å². The van der Waals surface area contributed by atoms with Crippen molar-refractivity contribution in [3.05, 3.63) is 64.9 Å². The topological polar surface area (TPSA) is 71.7 Å². The number of ether oxygens (including phenoxy) is 1. The zero-order valence-corrected chi connectivity index (χ0v) is 13.7. The van der Waals surface area contributed by atoms with Crippen LogP contribution in [0, 0.1) is 0 Å². The summed E-state index contributed by atoms with van der Waals surface area (Å²) in [6, 6.07) is 14.0. The molecule has 0 saturated carbocycles. The number of halogens is 1. The number of fused-ring (bicyclic) bond motifs is 1. The molecule has 24 heavy (non-hydrogen) atoms. The van der Waals surface area contributed by atoms with Gasteiger partial charge in [-0.05, 0) is 29.8 Å². The molecule has 0 bridgehead atoms. The second-order valence-corrected chi connectivity index (χ2v) is 5.68. The summed E-state index contributed by atoms with van der Waals surface area (Å²) in [4.78, 5) is 12.2. The molecule has 2 N–H and O–H groups in total. The SMILES string of the molecule is COc1cccc(C(O)CNC(=O)c2cc3cccc(Cl)c3o2)c1. The third-order valence-corrected chi connectivity index (χ3v) is 3.95. The first kappa shape index (κ1) is 16.4. The molecular formula is C18H16ClNO4. The van der Waals surface area contributed by atoms with Gasteiger partial charge in [0, 0.05) is 11.9 Å². The third kappa shape index (κ3) is 3.37. The Morgan fingerprint density at radius 1 is 1.29 bits per heavy atom. The van der Waals surface area contributed by atoms with Crippen molar-refractivity contribution in [2.24, 2.45) is 0 Å². The Kier molecular flexibility index (Phi) is 4.74. The number of hydrogen-bond donors (Lipinski definition) is 2. The van der Waals surface area contributed by atoms with E-state index >= 15 is 0 Å². The number of amides is 1. The van der Waals surface area contributed by atoms with E-state index in [2.05, 4.69) is 5.32 Å². The fourth-order valence-electron chi connectivity index (χ4n) is 2.38. The molecule has 0 saturated heterocycles. The van der Waals surface area contributed by atoms with Crippen LogP contribution in [0.4, 0.5) is 0 Å². The van der Waals surface area contributed by atoms with Crippen LogP contribution in [0.25, 0.3) is 11.0 Å². The van der Waals surface area contributed by atoms with Gasteiger partial charge in [0.1, 0.15) is 5.75 Å². The van der Waals surface area contributed by atoms with Crippen LogP contribution in [0.2, 0.25) is 5.02 Å². The van der Waals surface area contributed by atoms with Gasteiger partial charge in [-0.3, -0.25) is 4.79 Å². The molecule has 3 rings (SSSR count). The third-order valence-electron chi connectivity index (χ3n) is 3.65. The molecule has 0 radical (unpaired) electrons. The van der Waals surface area contributed by atoms with Crippen molar-refractivity contribution >= 4 is 28.5 Å². The standard InChI is InChI=1S/C18H16ClNO4/c1-23-13-6-2-4-11(8-13)15(21)10-20-18(22)16-9-12-5-3-7-14(19)17(12)24-16/h2-9,15,21H,10H2,1H3,(H,20,22). The number of furan rings is 1. The molecule has 0 aliphatic carbocycles. The van der Waals surface area contributed by atoms with E-state index in [0.717, 1.165) is 5.39 Å². The lowest BCUT2D eigenvalue weighted by atomic mass is 10.1. The molecule has 3 aromatic rings. The van der Waals surface area contributed by atoms with Gasteiger partial charge in [-0.25, -0.2) is 0 Å². The van der Waals surface area contributed by atoms with Crippen LogP contribution in [-0.2, 0) is 0 Å². The zero-order valence-electron chi connectivity index (χ0n) is 13.0. The number of para-hydroxylation sites is 1. The Morgan fingerprint density at radius 2 is 2.08 bits per heavy atom. The summed E-state index contributed by atoms with van der Waals surface area (Å²) >= 11 is 6.03. The van der Waals surface area contributed by atoms with Crippen molar-refractivity contribution < 1.29 is 19.1 Å². The fourth-order valence-corrected chi connectivity index (χ4v) is 2.60. The number of nitrogens with one attached hydrogen (secondary N) is 1. The van der Waals surface area contributed by atoms with E-state index in [0.29, 0.717) is 21.9 Å². The van der Waals surface area contributed by atoms with E-state index in [1.165, 1.54) is 0 Å². The molecule has 1 unspecified atom stereocenters. The quantitative estimate of drug-likeness (QED) is 0.741. The first-order chi connectivity index (χ1) is 11.6. The summed E-state index contributed by atoms with van der Waals surface area (Å²) in [6.45, 7) is 0.0524. The van der Waals surface area contributed by atoms with Gasteiger partial charge in [-0.2, -0.15) is 0 Å². The highest BCUT2D eigenvalue weighted by Gasteiger charge is 2.16. The molecule has 0 aliphatic heterocycles. The maximum atomic E-state index is 12.2. The summed E-state index contributed by atoms with van der Waals surface area (Å²) in [5.74, 6) is 0.380. The molecule has 5 nitrogen and oxygen atoms in total. The van der Waals surface area contributed by atoms with Gasteiger partial charge in [0.05, 0.1) is 18.2 Å². The smallest absolute Gasteiger partial charge is 0.287 e. The Balaban J connectivity index is 1.68. The van der Waals surface area contributed by atoms with Crippen molar-refractivity contribution in [2.45, 2.75) is 6.10 Å². The Labute approximate surface area is 143 Å². The molecule has 1 aromatic heterocycles. The van der Waals surface area contributed by atoms with Gasteiger partial charge in [0.2, 0.25) is 0 Å². The van der Waals surface area contributed by atoms with Crippen LogP contribution in [-0.4, -0.2) is 24.7 Å². The second kappa shape index (κ2) is 6.95. The first-order valence-electron chi connectivity index (χ1n) is 7.37. The highest BCUT2D eigenvalue weighted by Crippen LogP contribution is 2.26. The molecule has 1 atom stereocenters. The highest BCUT2D eigenvalue weighted by molar-refractivity contribution is 6.34. The normalized spacial score (nSPS) is 12.1. The maximum Gasteiger partial charge on any atom is 0.287 e. The molecule has 0 aliphatic rings. The average Bonchev–Trinajstić information content (AvgIpc) is 3.05. The van der Waals surface area contributed by atoms with Crippen molar-refractivity contribution in [2.75, 3.05) is 13.7 Å². The predicted molar refractivity (Wildman–Crippen MR) is 91.5 cm³/mol. The van der Waals surface area contributed by atoms with Crippen molar-refractivity contribution in [3.63, 3.8) is 0 Å². The van der Waals surface area contributed by atoms with Crippen molar-refractivity contribution in [3.8, 4) is 5.75 Å². The molecule has 1 heterocycles. The summed E-state index contributed by atoms with van der Waals surface area (Å²) < 4.78 is 10.6. The molecule has 6 heteroatoms. The van der Waals surface area contributed by atoms with E-state index in [1.54, 1.807) is 49.6 Å². The van der Waals surface area contributed by atoms with Gasteiger partial charge >= 0.3 is 0 Å². The summed E-state index contributed by atoms with van der Waals surface area (Å²) in [5, 5.41) is 14.0. The second-order valence-electron chi connectivity index (χ2n) is 5.27. The molecule has 1 amide bonds. The number of carbonyl (C=O) groups excluding carboxylic acids is 1.